The van der Waals surface area contributed by atoms with Crippen LogP contribution in [-0.4, -0.2) is 28.6 Å². The van der Waals surface area contributed by atoms with Gasteiger partial charge in [-0.3, -0.25) is 9.69 Å². The Morgan fingerprint density at radius 3 is 2.38 bits per heavy atom. The lowest BCUT2D eigenvalue weighted by atomic mass is 10.2. The second kappa shape index (κ2) is 7.86. The molecule has 1 atom stereocenters. The smallest absolute Gasteiger partial charge is 0.408 e. The molecule has 3 N–H and O–H groups in total. The molecule has 0 aliphatic heterocycles. The van der Waals surface area contributed by atoms with Crippen LogP contribution in [0.2, 0.25) is 0 Å². The van der Waals surface area contributed by atoms with E-state index in [0.717, 1.165) is 0 Å². The van der Waals surface area contributed by atoms with Crippen molar-refractivity contribution in [3.05, 3.63) is 48.7 Å². The number of pyridine rings is 1. The number of amides is 2. The van der Waals surface area contributed by atoms with Crippen molar-refractivity contribution in [1.29, 1.82) is 0 Å². The summed E-state index contributed by atoms with van der Waals surface area (Å²) in [6.07, 6.45) is 0.890. The number of anilines is 3. The summed E-state index contributed by atoms with van der Waals surface area (Å²) in [6.45, 7) is 6.85. The van der Waals surface area contributed by atoms with E-state index in [0.29, 0.717) is 17.2 Å². The van der Waals surface area contributed by atoms with E-state index in [1.807, 2.05) is 6.07 Å². The minimum absolute atomic E-state index is 0.307. The number of hydrogen-bond acceptors (Lipinski definition) is 5. The summed E-state index contributed by atoms with van der Waals surface area (Å²) in [6, 6.07) is 11.5. The van der Waals surface area contributed by atoms with E-state index < -0.39 is 17.7 Å². The molecule has 2 aromatic rings. The average Bonchev–Trinajstić information content (AvgIpc) is 2.56. The van der Waals surface area contributed by atoms with E-state index in [1.54, 1.807) is 70.3 Å². The normalized spacial score (nSPS) is 12.2. The largest absolute Gasteiger partial charge is 0.444 e. The van der Waals surface area contributed by atoms with Crippen LogP contribution in [0.25, 0.3) is 0 Å². The molecule has 1 aromatic carbocycles. The van der Waals surface area contributed by atoms with Gasteiger partial charge < -0.3 is 15.8 Å². The van der Waals surface area contributed by atoms with Gasteiger partial charge in [0.2, 0.25) is 0 Å². The number of ether oxygens (including phenoxy) is 1. The fraction of sp³-hybridized carbons (Fsp3) is 0.316. The zero-order valence-corrected chi connectivity index (χ0v) is 15.4. The van der Waals surface area contributed by atoms with Crippen LogP contribution in [0.1, 0.15) is 27.7 Å². The van der Waals surface area contributed by atoms with E-state index >= 15 is 0 Å². The van der Waals surface area contributed by atoms with Crippen molar-refractivity contribution in [3.8, 4) is 0 Å². The lowest BCUT2D eigenvalue weighted by Crippen LogP contribution is -2.47. The Morgan fingerprint density at radius 1 is 1.15 bits per heavy atom. The van der Waals surface area contributed by atoms with Crippen molar-refractivity contribution in [3.63, 3.8) is 0 Å². The molecule has 7 heteroatoms. The first-order valence-electron chi connectivity index (χ1n) is 8.28. The topological polar surface area (TPSA) is 97.5 Å². The molecule has 0 aliphatic carbocycles. The number of nitrogens with one attached hydrogen (secondary N) is 1. The summed E-state index contributed by atoms with van der Waals surface area (Å²) in [7, 11) is 0. The van der Waals surface area contributed by atoms with E-state index in [2.05, 4.69) is 10.3 Å². The van der Waals surface area contributed by atoms with Crippen LogP contribution >= 0.6 is 0 Å². The monoisotopic (exact) mass is 356 g/mol. The van der Waals surface area contributed by atoms with E-state index in [4.69, 9.17) is 10.5 Å². The first-order chi connectivity index (χ1) is 12.2. The van der Waals surface area contributed by atoms with Gasteiger partial charge in [-0.25, -0.2) is 9.78 Å². The molecular weight excluding hydrogens is 332 g/mol. The molecule has 0 fully saturated rings. The molecule has 1 heterocycles. The van der Waals surface area contributed by atoms with Gasteiger partial charge in [0.15, 0.2) is 5.82 Å². The minimum Gasteiger partial charge on any atom is -0.444 e. The van der Waals surface area contributed by atoms with Gasteiger partial charge in [0.25, 0.3) is 5.91 Å². The van der Waals surface area contributed by atoms with Gasteiger partial charge in [-0.2, -0.15) is 0 Å². The molecule has 138 valence electrons. The molecule has 0 bridgehead atoms. The Hall–Kier alpha value is -3.09. The second-order valence-corrected chi connectivity index (χ2v) is 6.79. The summed E-state index contributed by atoms with van der Waals surface area (Å²) in [5.41, 5.74) is 6.31. The summed E-state index contributed by atoms with van der Waals surface area (Å²) in [4.78, 5) is 30.7. The fourth-order valence-electron chi connectivity index (χ4n) is 2.27. The van der Waals surface area contributed by atoms with Gasteiger partial charge in [0.1, 0.15) is 11.6 Å². The Kier molecular flexibility index (Phi) is 5.82. The molecule has 2 rings (SSSR count). The lowest BCUT2D eigenvalue weighted by molar-refractivity contribution is -0.119. The van der Waals surface area contributed by atoms with Gasteiger partial charge in [0, 0.05) is 6.20 Å². The third-order valence-electron chi connectivity index (χ3n) is 3.37. The van der Waals surface area contributed by atoms with Crippen LogP contribution in [0.15, 0.2) is 48.7 Å². The van der Waals surface area contributed by atoms with Gasteiger partial charge in [-0.1, -0.05) is 18.2 Å². The summed E-state index contributed by atoms with van der Waals surface area (Å²) in [5.74, 6) is -0.0750. The molecule has 0 radical (unpaired) electrons. The summed E-state index contributed by atoms with van der Waals surface area (Å²) in [5, 5.41) is 2.55. The highest BCUT2D eigenvalue weighted by Crippen LogP contribution is 2.28. The Morgan fingerprint density at radius 2 is 1.81 bits per heavy atom. The number of nitrogen functional groups attached to an aromatic ring is 1. The van der Waals surface area contributed by atoms with Gasteiger partial charge in [-0.15, -0.1) is 0 Å². The molecule has 1 aromatic heterocycles. The number of nitrogens with zero attached hydrogens (tertiary/aromatic N) is 2. The number of nitrogens with two attached hydrogens (primary N) is 1. The first kappa shape index (κ1) is 19.2. The van der Waals surface area contributed by atoms with Gasteiger partial charge >= 0.3 is 6.09 Å². The number of hydrogen-bond donors (Lipinski definition) is 2. The van der Waals surface area contributed by atoms with E-state index in [1.165, 1.54) is 4.90 Å². The SMILES string of the molecule is C[C@H](NC(=O)OC(C)(C)C)C(=O)N(c1ccccc1)c1ncccc1N. The van der Waals surface area contributed by atoms with Crippen molar-refractivity contribution >= 4 is 29.2 Å². The number of para-hydroxylation sites is 1. The fourth-order valence-corrected chi connectivity index (χ4v) is 2.27. The van der Waals surface area contributed by atoms with Crippen LogP contribution in [0.5, 0.6) is 0 Å². The van der Waals surface area contributed by atoms with Crippen molar-refractivity contribution < 1.29 is 14.3 Å². The molecular formula is C19H24N4O3. The molecule has 7 nitrogen and oxygen atoms in total. The molecule has 2 amide bonds. The van der Waals surface area contributed by atoms with Gasteiger partial charge in [-0.05, 0) is 52.0 Å². The zero-order chi connectivity index (χ0) is 19.3. The van der Waals surface area contributed by atoms with Crippen LogP contribution in [0.4, 0.5) is 22.0 Å². The van der Waals surface area contributed by atoms with E-state index in [9.17, 15) is 9.59 Å². The Bertz CT molecular complexity index is 772. The third-order valence-corrected chi connectivity index (χ3v) is 3.37. The first-order valence-corrected chi connectivity index (χ1v) is 8.28. The maximum atomic E-state index is 13.1. The van der Waals surface area contributed by atoms with Crippen molar-refractivity contribution in [1.82, 2.24) is 10.3 Å². The zero-order valence-electron chi connectivity index (χ0n) is 15.4. The van der Waals surface area contributed by atoms with Crippen molar-refractivity contribution in [2.45, 2.75) is 39.3 Å². The number of carbonyl (C=O) groups excluding carboxylic acids is 2. The lowest BCUT2D eigenvalue weighted by Gasteiger charge is -2.27. The van der Waals surface area contributed by atoms with Crippen LogP contribution in [-0.2, 0) is 9.53 Å². The highest BCUT2D eigenvalue weighted by molar-refractivity contribution is 6.05. The molecule has 0 aliphatic rings. The maximum absolute atomic E-state index is 13.1. The number of rotatable bonds is 4. The number of alkyl carbamates (subject to hydrolysis) is 1. The minimum atomic E-state index is -0.841. The standard InChI is InChI=1S/C19H24N4O3/c1-13(22-18(25)26-19(2,3)4)17(24)23(14-9-6-5-7-10-14)16-15(20)11-8-12-21-16/h5-13H,20H2,1-4H3,(H,22,25)/t13-/m0/s1. The molecule has 0 spiro atoms. The third kappa shape index (κ3) is 4.95. The molecule has 0 saturated carbocycles. The van der Waals surface area contributed by atoms with E-state index in [-0.39, 0.29) is 5.91 Å². The van der Waals surface area contributed by atoms with Crippen LogP contribution < -0.4 is 16.0 Å². The highest BCUT2D eigenvalue weighted by Gasteiger charge is 2.28. The summed E-state index contributed by atoms with van der Waals surface area (Å²) >= 11 is 0. The predicted molar refractivity (Wildman–Crippen MR) is 101 cm³/mol. The number of carbonyl (C=O) groups is 2. The molecule has 26 heavy (non-hydrogen) atoms. The summed E-state index contributed by atoms with van der Waals surface area (Å²) < 4.78 is 5.21. The predicted octanol–water partition coefficient (Wildman–Crippen LogP) is 3.24. The second-order valence-electron chi connectivity index (χ2n) is 6.79. The van der Waals surface area contributed by atoms with Crippen molar-refractivity contribution in [2.24, 2.45) is 0 Å². The quantitative estimate of drug-likeness (QED) is 0.876. The maximum Gasteiger partial charge on any atom is 0.408 e. The highest BCUT2D eigenvalue weighted by atomic mass is 16.6. The molecule has 0 saturated heterocycles. The molecule has 0 unspecified atom stereocenters. The Balaban J connectivity index is 2.30. The van der Waals surface area contributed by atoms with Gasteiger partial charge in [0.05, 0.1) is 11.4 Å². The van der Waals surface area contributed by atoms with Crippen LogP contribution in [0, 0.1) is 0 Å². The Labute approximate surface area is 153 Å². The average molecular weight is 356 g/mol. The number of benzene rings is 1. The number of aromatic nitrogens is 1. The van der Waals surface area contributed by atoms with Crippen LogP contribution in [0.3, 0.4) is 0 Å². The van der Waals surface area contributed by atoms with Crippen molar-refractivity contribution in [2.75, 3.05) is 10.6 Å².